The van der Waals surface area contributed by atoms with E-state index in [4.69, 9.17) is 16.3 Å². The van der Waals surface area contributed by atoms with E-state index in [1.165, 1.54) is 12.8 Å². The van der Waals surface area contributed by atoms with Gasteiger partial charge in [0.05, 0.1) is 18.8 Å². The maximum absolute atomic E-state index is 6.13. The van der Waals surface area contributed by atoms with Crippen molar-refractivity contribution in [1.29, 1.82) is 0 Å². The average molecular weight is 254 g/mol. The number of aromatic nitrogens is 2. The van der Waals surface area contributed by atoms with E-state index in [1.54, 1.807) is 12.4 Å². The molecule has 5 heteroatoms. The minimum atomic E-state index is 0.343. The molecule has 4 nitrogen and oxygen atoms in total. The number of morpholine rings is 1. The van der Waals surface area contributed by atoms with E-state index in [0.29, 0.717) is 17.3 Å². The fourth-order valence-electron chi connectivity index (χ4n) is 2.87. The molecule has 92 valence electrons. The third-order valence-corrected chi connectivity index (χ3v) is 3.91. The molecule has 2 unspecified atom stereocenters. The molecular weight excluding hydrogens is 238 g/mol. The van der Waals surface area contributed by atoms with Crippen molar-refractivity contribution in [3.05, 3.63) is 17.5 Å². The van der Waals surface area contributed by atoms with Crippen LogP contribution < -0.4 is 4.90 Å². The Morgan fingerprint density at radius 3 is 2.94 bits per heavy atom. The van der Waals surface area contributed by atoms with Crippen molar-refractivity contribution in [1.82, 2.24) is 9.97 Å². The largest absolute Gasteiger partial charge is 0.374 e. The molecule has 2 fully saturated rings. The summed E-state index contributed by atoms with van der Waals surface area (Å²) in [5.41, 5.74) is 0. The summed E-state index contributed by atoms with van der Waals surface area (Å²) < 4.78 is 5.84. The molecule has 1 aromatic rings. The highest BCUT2D eigenvalue weighted by atomic mass is 35.5. The van der Waals surface area contributed by atoms with Gasteiger partial charge in [0.1, 0.15) is 0 Å². The van der Waals surface area contributed by atoms with Crippen LogP contribution >= 0.6 is 11.6 Å². The van der Waals surface area contributed by atoms with Gasteiger partial charge in [-0.05, 0) is 12.8 Å². The lowest BCUT2D eigenvalue weighted by atomic mass is 9.90. The van der Waals surface area contributed by atoms with Gasteiger partial charge in [0.15, 0.2) is 11.0 Å². The summed E-state index contributed by atoms with van der Waals surface area (Å²) in [4.78, 5) is 10.8. The van der Waals surface area contributed by atoms with E-state index in [2.05, 4.69) is 14.9 Å². The molecule has 1 aliphatic carbocycles. The Morgan fingerprint density at radius 1 is 1.24 bits per heavy atom. The zero-order valence-corrected chi connectivity index (χ0v) is 10.4. The van der Waals surface area contributed by atoms with E-state index >= 15 is 0 Å². The van der Waals surface area contributed by atoms with Crippen molar-refractivity contribution < 1.29 is 4.74 Å². The minimum Gasteiger partial charge on any atom is -0.374 e. The summed E-state index contributed by atoms with van der Waals surface area (Å²) in [6.07, 6.45) is 8.52. The van der Waals surface area contributed by atoms with Crippen molar-refractivity contribution in [3.8, 4) is 0 Å². The maximum Gasteiger partial charge on any atom is 0.171 e. The first-order chi connectivity index (χ1) is 8.36. The molecule has 1 saturated carbocycles. The summed E-state index contributed by atoms with van der Waals surface area (Å²) in [5.74, 6) is 0.814. The highest BCUT2D eigenvalue weighted by molar-refractivity contribution is 6.31. The number of fused-ring (bicyclic) bond motifs is 1. The third-order valence-electron chi connectivity index (χ3n) is 3.64. The first-order valence-electron chi connectivity index (χ1n) is 6.21. The molecule has 2 heterocycles. The molecular formula is C12H16ClN3O. The Kier molecular flexibility index (Phi) is 3.16. The number of rotatable bonds is 1. The first kappa shape index (κ1) is 11.2. The molecule has 2 aliphatic rings. The average Bonchev–Trinajstić information content (AvgIpc) is 2.39. The van der Waals surface area contributed by atoms with Gasteiger partial charge >= 0.3 is 0 Å². The van der Waals surface area contributed by atoms with Gasteiger partial charge in [-0.15, -0.1) is 0 Å². The van der Waals surface area contributed by atoms with Crippen molar-refractivity contribution in [3.63, 3.8) is 0 Å². The molecule has 0 aromatic carbocycles. The predicted molar refractivity (Wildman–Crippen MR) is 66.4 cm³/mol. The van der Waals surface area contributed by atoms with Gasteiger partial charge in [-0.1, -0.05) is 24.4 Å². The number of hydrogen-bond donors (Lipinski definition) is 0. The highest BCUT2D eigenvalue weighted by Crippen LogP contribution is 2.33. The molecule has 1 aliphatic heterocycles. The van der Waals surface area contributed by atoms with Gasteiger partial charge in [0.25, 0.3) is 0 Å². The molecule has 0 amide bonds. The van der Waals surface area contributed by atoms with Crippen LogP contribution in [0.4, 0.5) is 5.82 Å². The number of hydrogen-bond acceptors (Lipinski definition) is 4. The Balaban J connectivity index is 1.88. The third kappa shape index (κ3) is 2.11. The standard InChI is InChI=1S/C12H16ClN3O/c13-11-12(15-6-5-14-11)16-7-8-17-10-4-2-1-3-9(10)16/h5-6,9-10H,1-4,7-8H2. The SMILES string of the molecule is Clc1nccnc1N1CCOC2CCCCC21. The van der Waals surface area contributed by atoms with Gasteiger partial charge in [-0.25, -0.2) is 9.97 Å². The zero-order chi connectivity index (χ0) is 11.7. The normalized spacial score (nSPS) is 28.9. The minimum absolute atomic E-state index is 0.343. The van der Waals surface area contributed by atoms with Gasteiger partial charge in [0, 0.05) is 18.9 Å². The van der Waals surface area contributed by atoms with Crippen LogP contribution in [-0.2, 0) is 4.74 Å². The van der Waals surface area contributed by atoms with Crippen molar-refractivity contribution in [2.75, 3.05) is 18.1 Å². The second-order valence-electron chi connectivity index (χ2n) is 4.63. The van der Waals surface area contributed by atoms with Gasteiger partial charge in [-0.3, -0.25) is 0 Å². The number of anilines is 1. The monoisotopic (exact) mass is 253 g/mol. The zero-order valence-electron chi connectivity index (χ0n) is 9.68. The Hall–Kier alpha value is -0.870. The molecule has 0 bridgehead atoms. The molecule has 3 rings (SSSR count). The Morgan fingerprint density at radius 2 is 2.06 bits per heavy atom. The van der Waals surface area contributed by atoms with Crippen LogP contribution in [0.25, 0.3) is 0 Å². The van der Waals surface area contributed by atoms with Crippen LogP contribution in [-0.4, -0.2) is 35.3 Å². The Labute approximate surface area is 106 Å². The van der Waals surface area contributed by atoms with Crippen molar-refractivity contribution >= 4 is 17.4 Å². The van der Waals surface area contributed by atoms with Crippen LogP contribution in [0.1, 0.15) is 25.7 Å². The summed E-state index contributed by atoms with van der Waals surface area (Å²) in [5, 5.41) is 0.499. The number of ether oxygens (including phenoxy) is 1. The molecule has 0 spiro atoms. The second-order valence-corrected chi connectivity index (χ2v) is 4.98. The lowest BCUT2D eigenvalue weighted by Gasteiger charge is -2.44. The molecule has 1 aromatic heterocycles. The lowest BCUT2D eigenvalue weighted by molar-refractivity contribution is -0.00900. The van der Waals surface area contributed by atoms with Crippen molar-refractivity contribution in [2.24, 2.45) is 0 Å². The summed E-state index contributed by atoms with van der Waals surface area (Å²) in [6.45, 7) is 1.62. The molecule has 17 heavy (non-hydrogen) atoms. The summed E-state index contributed by atoms with van der Waals surface area (Å²) in [7, 11) is 0. The summed E-state index contributed by atoms with van der Waals surface area (Å²) in [6, 6.07) is 0.423. The van der Waals surface area contributed by atoms with Crippen LogP contribution in [0.5, 0.6) is 0 Å². The molecule has 1 saturated heterocycles. The fourth-order valence-corrected chi connectivity index (χ4v) is 3.08. The maximum atomic E-state index is 6.13. The first-order valence-corrected chi connectivity index (χ1v) is 6.59. The van der Waals surface area contributed by atoms with Crippen LogP contribution in [0.2, 0.25) is 5.15 Å². The second kappa shape index (κ2) is 4.78. The van der Waals surface area contributed by atoms with E-state index in [9.17, 15) is 0 Å². The van der Waals surface area contributed by atoms with Gasteiger partial charge in [-0.2, -0.15) is 0 Å². The van der Waals surface area contributed by atoms with E-state index in [1.807, 2.05) is 0 Å². The Bertz CT molecular complexity index is 399. The highest BCUT2D eigenvalue weighted by Gasteiger charge is 2.35. The fraction of sp³-hybridized carbons (Fsp3) is 0.667. The molecule has 0 radical (unpaired) electrons. The van der Waals surface area contributed by atoms with E-state index in [0.717, 1.165) is 31.8 Å². The lowest BCUT2D eigenvalue weighted by Crippen LogP contribution is -2.53. The van der Waals surface area contributed by atoms with E-state index < -0.39 is 0 Å². The smallest absolute Gasteiger partial charge is 0.171 e. The summed E-state index contributed by atoms with van der Waals surface area (Å²) >= 11 is 6.13. The van der Waals surface area contributed by atoms with Gasteiger partial charge < -0.3 is 9.64 Å². The number of halogens is 1. The van der Waals surface area contributed by atoms with Gasteiger partial charge in [0.2, 0.25) is 0 Å². The molecule has 0 N–H and O–H groups in total. The molecule has 2 atom stereocenters. The van der Waals surface area contributed by atoms with Crippen LogP contribution in [0.15, 0.2) is 12.4 Å². The van der Waals surface area contributed by atoms with Crippen LogP contribution in [0, 0.1) is 0 Å². The van der Waals surface area contributed by atoms with Crippen LogP contribution in [0.3, 0.4) is 0 Å². The quantitative estimate of drug-likeness (QED) is 0.770. The van der Waals surface area contributed by atoms with E-state index in [-0.39, 0.29) is 0 Å². The predicted octanol–water partition coefficient (Wildman–Crippen LogP) is 2.28. The van der Waals surface area contributed by atoms with Crippen molar-refractivity contribution in [2.45, 2.75) is 37.8 Å². The topological polar surface area (TPSA) is 38.2 Å². The number of nitrogens with zero attached hydrogens (tertiary/aromatic N) is 3.